The van der Waals surface area contributed by atoms with Crippen LogP contribution in [0.4, 0.5) is 0 Å². The van der Waals surface area contributed by atoms with Gasteiger partial charge in [0.2, 0.25) is 0 Å². The fourth-order valence-corrected chi connectivity index (χ4v) is 3.09. The monoisotopic (exact) mass is 247 g/mol. The molecule has 1 aliphatic carbocycles. The first-order chi connectivity index (χ1) is 7.49. The molecule has 1 saturated carbocycles. The molecule has 96 valence electrons. The van der Waals surface area contributed by atoms with E-state index in [2.05, 4.69) is 12.2 Å². The van der Waals surface area contributed by atoms with Crippen molar-refractivity contribution < 1.29 is 8.42 Å². The molecule has 0 aromatic rings. The molecule has 0 aromatic heterocycles. The number of sulfone groups is 1. The van der Waals surface area contributed by atoms with Crippen LogP contribution in [0.2, 0.25) is 0 Å². The lowest BCUT2D eigenvalue weighted by molar-refractivity contribution is 0.358. The largest absolute Gasteiger partial charge is 0.314 e. The summed E-state index contributed by atoms with van der Waals surface area (Å²) in [7, 11) is -2.79. The van der Waals surface area contributed by atoms with E-state index in [0.29, 0.717) is 11.8 Å². The van der Waals surface area contributed by atoms with Gasteiger partial charge in [0.05, 0.1) is 5.75 Å². The third kappa shape index (κ3) is 5.85. The highest BCUT2D eigenvalue weighted by molar-refractivity contribution is 7.90. The molecule has 16 heavy (non-hydrogen) atoms. The smallest absolute Gasteiger partial charge is 0.147 e. The molecule has 1 fully saturated rings. The molecule has 0 aliphatic heterocycles. The van der Waals surface area contributed by atoms with Gasteiger partial charge in [-0.15, -0.1) is 0 Å². The maximum atomic E-state index is 11.0. The van der Waals surface area contributed by atoms with Gasteiger partial charge in [-0.05, 0) is 31.7 Å². The van der Waals surface area contributed by atoms with Crippen LogP contribution < -0.4 is 5.32 Å². The van der Waals surface area contributed by atoms with Crippen LogP contribution in [0.3, 0.4) is 0 Å². The zero-order valence-electron chi connectivity index (χ0n) is 10.5. The highest BCUT2D eigenvalue weighted by Gasteiger charge is 2.18. The first-order valence-corrected chi connectivity index (χ1v) is 8.46. The lowest BCUT2D eigenvalue weighted by Gasteiger charge is -2.22. The Kier molecular flexibility index (Phi) is 5.76. The van der Waals surface area contributed by atoms with Gasteiger partial charge in [-0.1, -0.05) is 26.2 Å². The summed E-state index contributed by atoms with van der Waals surface area (Å²) in [6, 6.07) is 0.599. The molecule has 1 N–H and O–H groups in total. The lowest BCUT2D eigenvalue weighted by Crippen LogP contribution is -2.35. The van der Waals surface area contributed by atoms with Crippen molar-refractivity contribution in [2.45, 2.75) is 51.5 Å². The summed E-state index contributed by atoms with van der Waals surface area (Å²) in [6.45, 7) is 3.14. The van der Waals surface area contributed by atoms with Crippen molar-refractivity contribution in [1.29, 1.82) is 0 Å². The molecule has 3 nitrogen and oxygen atoms in total. The van der Waals surface area contributed by atoms with Gasteiger partial charge in [0.25, 0.3) is 0 Å². The van der Waals surface area contributed by atoms with E-state index in [1.54, 1.807) is 0 Å². The van der Waals surface area contributed by atoms with Crippen molar-refractivity contribution in [2.24, 2.45) is 5.92 Å². The number of hydrogen-bond acceptors (Lipinski definition) is 3. The van der Waals surface area contributed by atoms with Crippen LogP contribution in [0.25, 0.3) is 0 Å². The second-order valence-electron chi connectivity index (χ2n) is 5.16. The highest BCUT2D eigenvalue weighted by Crippen LogP contribution is 2.22. The standard InChI is InChI=1S/C12H25NO2S/c1-11-7-4-3-5-8-12(11)13-9-6-10-16(2,14)15/h11-13H,3-10H2,1-2H3. The minimum atomic E-state index is -2.79. The van der Waals surface area contributed by atoms with E-state index in [9.17, 15) is 8.42 Å². The van der Waals surface area contributed by atoms with Gasteiger partial charge in [-0.3, -0.25) is 0 Å². The quantitative estimate of drug-likeness (QED) is 0.597. The Morgan fingerprint density at radius 1 is 1.19 bits per heavy atom. The van der Waals surface area contributed by atoms with Crippen LogP contribution in [0.1, 0.15) is 45.4 Å². The fraction of sp³-hybridized carbons (Fsp3) is 1.00. The van der Waals surface area contributed by atoms with Crippen LogP contribution >= 0.6 is 0 Å². The Hall–Kier alpha value is -0.0900. The second-order valence-corrected chi connectivity index (χ2v) is 7.42. The molecular formula is C12H25NO2S. The Balaban J connectivity index is 2.20. The number of hydrogen-bond donors (Lipinski definition) is 1. The minimum absolute atomic E-state index is 0.307. The topological polar surface area (TPSA) is 46.2 Å². The molecule has 0 saturated heterocycles. The van der Waals surface area contributed by atoms with Crippen LogP contribution in [-0.2, 0) is 9.84 Å². The lowest BCUT2D eigenvalue weighted by atomic mass is 9.97. The Morgan fingerprint density at radius 3 is 2.56 bits per heavy atom. The SMILES string of the molecule is CC1CCCCCC1NCCCS(C)(=O)=O. The van der Waals surface area contributed by atoms with Crippen molar-refractivity contribution in [3.8, 4) is 0 Å². The van der Waals surface area contributed by atoms with E-state index in [4.69, 9.17) is 0 Å². The van der Waals surface area contributed by atoms with E-state index in [0.717, 1.165) is 18.9 Å². The third-order valence-corrected chi connectivity index (χ3v) is 4.49. The minimum Gasteiger partial charge on any atom is -0.314 e. The summed E-state index contributed by atoms with van der Waals surface area (Å²) < 4.78 is 21.9. The third-order valence-electron chi connectivity index (χ3n) is 3.46. The summed E-state index contributed by atoms with van der Waals surface area (Å²) in [5, 5.41) is 3.52. The fourth-order valence-electron chi connectivity index (χ4n) is 2.42. The molecule has 1 aliphatic rings. The molecule has 0 aromatic carbocycles. The maximum absolute atomic E-state index is 11.0. The summed E-state index contributed by atoms with van der Waals surface area (Å²) in [5.41, 5.74) is 0. The summed E-state index contributed by atoms with van der Waals surface area (Å²) in [6.07, 6.45) is 8.62. The van der Waals surface area contributed by atoms with Crippen molar-refractivity contribution in [3.05, 3.63) is 0 Å². The Bertz CT molecular complexity index is 287. The molecular weight excluding hydrogens is 222 g/mol. The van der Waals surface area contributed by atoms with Gasteiger partial charge in [0.15, 0.2) is 0 Å². The maximum Gasteiger partial charge on any atom is 0.147 e. The Labute approximate surface area is 99.9 Å². The van der Waals surface area contributed by atoms with E-state index >= 15 is 0 Å². The first-order valence-electron chi connectivity index (χ1n) is 6.40. The summed E-state index contributed by atoms with van der Waals surface area (Å²) in [4.78, 5) is 0. The van der Waals surface area contributed by atoms with E-state index < -0.39 is 9.84 Å². The van der Waals surface area contributed by atoms with Crippen molar-refractivity contribution in [1.82, 2.24) is 5.32 Å². The first kappa shape index (κ1) is 14.0. The predicted molar refractivity (Wildman–Crippen MR) is 68.4 cm³/mol. The summed E-state index contributed by atoms with van der Waals surface area (Å²) in [5.74, 6) is 1.04. The number of nitrogens with one attached hydrogen (secondary N) is 1. The molecule has 2 unspecified atom stereocenters. The average Bonchev–Trinajstić information content (AvgIpc) is 2.37. The van der Waals surface area contributed by atoms with Crippen LogP contribution in [0.15, 0.2) is 0 Å². The molecule has 0 spiro atoms. The van der Waals surface area contributed by atoms with Crippen LogP contribution in [0, 0.1) is 5.92 Å². The van der Waals surface area contributed by atoms with Gasteiger partial charge < -0.3 is 5.32 Å². The second kappa shape index (κ2) is 6.60. The summed E-state index contributed by atoms with van der Waals surface area (Å²) >= 11 is 0. The van der Waals surface area contributed by atoms with Gasteiger partial charge in [-0.2, -0.15) is 0 Å². The predicted octanol–water partition coefficient (Wildman–Crippen LogP) is 1.98. The zero-order valence-corrected chi connectivity index (χ0v) is 11.4. The van der Waals surface area contributed by atoms with Gasteiger partial charge >= 0.3 is 0 Å². The van der Waals surface area contributed by atoms with Crippen molar-refractivity contribution >= 4 is 9.84 Å². The molecule has 0 heterocycles. The van der Waals surface area contributed by atoms with E-state index in [1.165, 1.54) is 38.4 Å². The van der Waals surface area contributed by atoms with Crippen molar-refractivity contribution in [2.75, 3.05) is 18.6 Å². The van der Waals surface area contributed by atoms with Gasteiger partial charge in [0, 0.05) is 12.3 Å². The van der Waals surface area contributed by atoms with Crippen LogP contribution in [0.5, 0.6) is 0 Å². The molecule has 4 heteroatoms. The zero-order chi connectivity index (χ0) is 12.0. The normalized spacial score (nSPS) is 27.6. The van der Waals surface area contributed by atoms with E-state index in [1.807, 2.05) is 0 Å². The van der Waals surface area contributed by atoms with Gasteiger partial charge in [0.1, 0.15) is 9.84 Å². The van der Waals surface area contributed by atoms with E-state index in [-0.39, 0.29) is 0 Å². The Morgan fingerprint density at radius 2 is 1.88 bits per heavy atom. The van der Waals surface area contributed by atoms with Gasteiger partial charge in [-0.25, -0.2) is 8.42 Å². The van der Waals surface area contributed by atoms with Crippen LogP contribution in [-0.4, -0.2) is 33.0 Å². The highest BCUT2D eigenvalue weighted by atomic mass is 32.2. The molecule has 1 rings (SSSR count). The molecule has 0 bridgehead atoms. The number of rotatable bonds is 5. The molecule has 0 radical (unpaired) electrons. The average molecular weight is 247 g/mol. The molecule has 2 atom stereocenters. The van der Waals surface area contributed by atoms with Crippen molar-refractivity contribution in [3.63, 3.8) is 0 Å². The molecule has 0 amide bonds.